The molecule has 1 aliphatic carbocycles. The number of nitrogens with one attached hydrogen (secondary N) is 1. The zero-order valence-corrected chi connectivity index (χ0v) is 11.7. The van der Waals surface area contributed by atoms with Gasteiger partial charge < -0.3 is 11.1 Å². The fraction of sp³-hybridized carbons (Fsp3) is 0.429. The molecular formula is C14H16ClN3O. The number of benzene rings is 1. The Morgan fingerprint density at radius 3 is 2.74 bits per heavy atom. The molecule has 1 atom stereocenters. The third-order valence-electron chi connectivity index (χ3n) is 3.60. The second kappa shape index (κ2) is 4.75. The van der Waals surface area contributed by atoms with Crippen LogP contribution in [-0.2, 0) is 0 Å². The Balaban J connectivity index is 2.28. The third kappa shape index (κ3) is 2.66. The summed E-state index contributed by atoms with van der Waals surface area (Å²) in [5.74, 6) is -0.123. The van der Waals surface area contributed by atoms with Crippen LogP contribution in [0.15, 0.2) is 12.1 Å². The molecule has 4 nitrogen and oxygen atoms in total. The van der Waals surface area contributed by atoms with Gasteiger partial charge in [0.25, 0.3) is 5.91 Å². The number of amides is 1. The molecular weight excluding hydrogens is 262 g/mol. The Morgan fingerprint density at radius 2 is 2.21 bits per heavy atom. The molecule has 0 spiro atoms. The van der Waals surface area contributed by atoms with Gasteiger partial charge in [0.15, 0.2) is 0 Å². The van der Waals surface area contributed by atoms with E-state index in [2.05, 4.69) is 11.4 Å². The summed E-state index contributed by atoms with van der Waals surface area (Å²) in [7, 11) is 0. The smallest absolute Gasteiger partial charge is 0.254 e. The average Bonchev–Trinajstić information content (AvgIpc) is 3.17. The lowest BCUT2D eigenvalue weighted by Crippen LogP contribution is -2.46. The number of rotatable bonds is 3. The predicted octanol–water partition coefficient (Wildman–Crippen LogP) is 2.65. The molecule has 5 heteroatoms. The SMILES string of the molecule is Cc1cc(Cl)cc(C(=O)NC(C)(C#N)C2CC2)c1N. The molecule has 0 aromatic heterocycles. The van der Waals surface area contributed by atoms with Crippen molar-refractivity contribution in [1.29, 1.82) is 5.26 Å². The van der Waals surface area contributed by atoms with Gasteiger partial charge in [0.05, 0.1) is 11.6 Å². The molecule has 1 fully saturated rings. The lowest BCUT2D eigenvalue weighted by atomic mass is 9.97. The van der Waals surface area contributed by atoms with E-state index in [1.54, 1.807) is 19.9 Å². The van der Waals surface area contributed by atoms with Gasteiger partial charge in [0, 0.05) is 10.7 Å². The molecule has 3 N–H and O–H groups in total. The third-order valence-corrected chi connectivity index (χ3v) is 3.81. The van der Waals surface area contributed by atoms with Crippen molar-refractivity contribution in [2.24, 2.45) is 5.92 Å². The van der Waals surface area contributed by atoms with Crippen LogP contribution in [0.1, 0.15) is 35.7 Å². The summed E-state index contributed by atoms with van der Waals surface area (Å²) in [5, 5.41) is 12.5. The second-order valence-electron chi connectivity index (χ2n) is 5.23. The van der Waals surface area contributed by atoms with Gasteiger partial charge in [-0.3, -0.25) is 4.79 Å². The number of nitriles is 1. The highest BCUT2D eigenvalue weighted by molar-refractivity contribution is 6.31. The number of carbonyl (C=O) groups is 1. The molecule has 0 saturated heterocycles. The van der Waals surface area contributed by atoms with Crippen LogP contribution in [0, 0.1) is 24.2 Å². The molecule has 0 aliphatic heterocycles. The van der Waals surface area contributed by atoms with Crippen molar-refractivity contribution in [3.63, 3.8) is 0 Å². The van der Waals surface area contributed by atoms with Crippen LogP contribution in [0.4, 0.5) is 5.69 Å². The van der Waals surface area contributed by atoms with Crippen molar-refractivity contribution >= 4 is 23.2 Å². The van der Waals surface area contributed by atoms with Crippen molar-refractivity contribution in [2.45, 2.75) is 32.2 Å². The van der Waals surface area contributed by atoms with E-state index in [1.165, 1.54) is 6.07 Å². The molecule has 0 heterocycles. The van der Waals surface area contributed by atoms with Crippen molar-refractivity contribution in [2.75, 3.05) is 5.73 Å². The van der Waals surface area contributed by atoms with Gasteiger partial charge in [-0.1, -0.05) is 11.6 Å². The van der Waals surface area contributed by atoms with E-state index < -0.39 is 5.54 Å². The monoisotopic (exact) mass is 277 g/mol. The van der Waals surface area contributed by atoms with E-state index in [4.69, 9.17) is 17.3 Å². The van der Waals surface area contributed by atoms with Gasteiger partial charge in [-0.15, -0.1) is 0 Å². The predicted molar refractivity (Wildman–Crippen MR) is 74.8 cm³/mol. The zero-order chi connectivity index (χ0) is 14.2. The minimum absolute atomic E-state index is 0.225. The first-order chi connectivity index (χ1) is 8.87. The van der Waals surface area contributed by atoms with E-state index >= 15 is 0 Å². The number of hydrogen-bond donors (Lipinski definition) is 2. The Labute approximate surface area is 117 Å². The number of hydrogen-bond acceptors (Lipinski definition) is 3. The first kappa shape index (κ1) is 13.7. The van der Waals surface area contributed by atoms with Gasteiger partial charge in [-0.25, -0.2) is 0 Å². The van der Waals surface area contributed by atoms with Crippen molar-refractivity contribution in [3.8, 4) is 6.07 Å². The quantitative estimate of drug-likeness (QED) is 0.834. The molecule has 1 saturated carbocycles. The summed E-state index contributed by atoms with van der Waals surface area (Å²) >= 11 is 5.95. The summed E-state index contributed by atoms with van der Waals surface area (Å²) in [6.45, 7) is 3.54. The molecule has 1 amide bonds. The standard InChI is InChI=1S/C14H16ClN3O/c1-8-5-10(15)6-11(12(8)17)13(19)18-14(2,7-16)9-3-4-9/h5-6,9H,3-4,17H2,1-2H3,(H,18,19). The van der Waals surface area contributed by atoms with E-state index in [0.29, 0.717) is 16.3 Å². The summed E-state index contributed by atoms with van der Waals surface area (Å²) in [5.41, 5.74) is 6.55. The average molecular weight is 278 g/mol. The Bertz CT molecular complexity index is 575. The number of anilines is 1. The second-order valence-corrected chi connectivity index (χ2v) is 5.66. The van der Waals surface area contributed by atoms with Crippen LogP contribution in [0.3, 0.4) is 0 Å². The van der Waals surface area contributed by atoms with Crippen LogP contribution in [0.2, 0.25) is 5.02 Å². The largest absolute Gasteiger partial charge is 0.398 e. The van der Waals surface area contributed by atoms with Gasteiger partial charge in [0.2, 0.25) is 0 Å². The number of halogens is 1. The maximum Gasteiger partial charge on any atom is 0.254 e. The highest BCUT2D eigenvalue weighted by Gasteiger charge is 2.43. The molecule has 0 bridgehead atoms. The van der Waals surface area contributed by atoms with E-state index in [9.17, 15) is 10.1 Å². The molecule has 19 heavy (non-hydrogen) atoms. The van der Waals surface area contributed by atoms with E-state index in [0.717, 1.165) is 18.4 Å². The van der Waals surface area contributed by atoms with Crippen molar-refractivity contribution in [1.82, 2.24) is 5.32 Å². The normalized spacial score (nSPS) is 17.4. The Hall–Kier alpha value is -1.73. The molecule has 0 radical (unpaired) electrons. The number of aryl methyl sites for hydroxylation is 1. The van der Waals surface area contributed by atoms with E-state index in [1.807, 2.05) is 0 Å². The lowest BCUT2D eigenvalue weighted by molar-refractivity contribution is 0.0918. The fourth-order valence-electron chi connectivity index (χ4n) is 2.13. The van der Waals surface area contributed by atoms with Gasteiger partial charge in [-0.2, -0.15) is 5.26 Å². The van der Waals surface area contributed by atoms with Crippen LogP contribution >= 0.6 is 11.6 Å². The maximum absolute atomic E-state index is 12.3. The maximum atomic E-state index is 12.3. The minimum atomic E-state index is -0.834. The summed E-state index contributed by atoms with van der Waals surface area (Å²) in [4.78, 5) is 12.3. The first-order valence-electron chi connectivity index (χ1n) is 6.17. The van der Waals surface area contributed by atoms with Gasteiger partial charge >= 0.3 is 0 Å². The number of nitrogens with two attached hydrogens (primary N) is 1. The fourth-order valence-corrected chi connectivity index (χ4v) is 2.40. The van der Waals surface area contributed by atoms with Crippen molar-refractivity contribution < 1.29 is 4.79 Å². The molecule has 1 aromatic rings. The van der Waals surface area contributed by atoms with Gasteiger partial charge in [0.1, 0.15) is 5.54 Å². The number of nitrogens with zero attached hydrogens (tertiary/aromatic N) is 1. The summed E-state index contributed by atoms with van der Waals surface area (Å²) < 4.78 is 0. The topological polar surface area (TPSA) is 78.9 Å². The lowest BCUT2D eigenvalue weighted by Gasteiger charge is -2.23. The molecule has 1 aromatic carbocycles. The van der Waals surface area contributed by atoms with Crippen LogP contribution in [0.5, 0.6) is 0 Å². The molecule has 100 valence electrons. The number of carbonyl (C=O) groups excluding carboxylic acids is 1. The van der Waals surface area contributed by atoms with Crippen LogP contribution in [0.25, 0.3) is 0 Å². The van der Waals surface area contributed by atoms with Crippen molar-refractivity contribution in [3.05, 3.63) is 28.3 Å². The zero-order valence-electron chi connectivity index (χ0n) is 11.0. The van der Waals surface area contributed by atoms with Crippen LogP contribution in [-0.4, -0.2) is 11.4 Å². The Kier molecular flexibility index (Phi) is 3.42. The molecule has 1 aliphatic rings. The summed E-state index contributed by atoms with van der Waals surface area (Å²) in [6.07, 6.45) is 1.93. The summed E-state index contributed by atoms with van der Waals surface area (Å²) in [6, 6.07) is 5.42. The van der Waals surface area contributed by atoms with E-state index in [-0.39, 0.29) is 11.8 Å². The van der Waals surface area contributed by atoms with Crippen LogP contribution < -0.4 is 11.1 Å². The Morgan fingerprint density at radius 1 is 1.58 bits per heavy atom. The highest BCUT2D eigenvalue weighted by Crippen LogP contribution is 2.39. The molecule has 1 unspecified atom stereocenters. The molecule has 2 rings (SSSR count). The minimum Gasteiger partial charge on any atom is -0.398 e. The van der Waals surface area contributed by atoms with Gasteiger partial charge in [-0.05, 0) is 50.3 Å². The highest BCUT2D eigenvalue weighted by atomic mass is 35.5. The first-order valence-corrected chi connectivity index (χ1v) is 6.54. The number of nitrogen functional groups attached to an aromatic ring is 1.